The van der Waals surface area contributed by atoms with Crippen molar-refractivity contribution in [1.82, 2.24) is 15.1 Å². The largest absolute Gasteiger partial charge is 0.355 e. The van der Waals surface area contributed by atoms with Crippen molar-refractivity contribution in [3.8, 4) is 0 Å². The predicted molar refractivity (Wildman–Crippen MR) is 101 cm³/mol. The first-order valence-corrected chi connectivity index (χ1v) is 9.30. The van der Waals surface area contributed by atoms with Crippen LogP contribution < -0.4 is 5.32 Å². The van der Waals surface area contributed by atoms with Crippen molar-refractivity contribution in [1.29, 1.82) is 0 Å². The summed E-state index contributed by atoms with van der Waals surface area (Å²) in [5.41, 5.74) is 0.897. The first-order chi connectivity index (χ1) is 12.3. The number of carbonyl (C=O) groups is 3. The van der Waals surface area contributed by atoms with Crippen molar-refractivity contribution >= 4 is 17.7 Å². The van der Waals surface area contributed by atoms with Gasteiger partial charge in [0, 0.05) is 38.1 Å². The minimum atomic E-state index is -0.268. The fourth-order valence-electron chi connectivity index (χ4n) is 3.37. The van der Waals surface area contributed by atoms with E-state index in [0.717, 1.165) is 6.54 Å². The molecule has 3 amide bonds. The molecule has 1 N–H and O–H groups in total. The molecule has 0 saturated heterocycles. The summed E-state index contributed by atoms with van der Waals surface area (Å²) in [6.45, 7) is 10.2. The van der Waals surface area contributed by atoms with E-state index >= 15 is 0 Å². The highest BCUT2D eigenvalue weighted by molar-refractivity contribution is 6.21. The van der Waals surface area contributed by atoms with Crippen molar-refractivity contribution < 1.29 is 14.4 Å². The van der Waals surface area contributed by atoms with E-state index < -0.39 is 0 Å². The average molecular weight is 359 g/mol. The van der Waals surface area contributed by atoms with E-state index in [-0.39, 0.29) is 24.3 Å². The second-order valence-electron chi connectivity index (χ2n) is 7.19. The van der Waals surface area contributed by atoms with Crippen molar-refractivity contribution in [3.05, 3.63) is 35.4 Å². The van der Waals surface area contributed by atoms with E-state index in [9.17, 15) is 14.4 Å². The third-order valence-corrected chi connectivity index (χ3v) is 4.68. The third kappa shape index (κ3) is 4.69. The zero-order chi connectivity index (χ0) is 19.3. The molecule has 1 aromatic carbocycles. The number of fused-ring (bicyclic) bond motifs is 1. The van der Waals surface area contributed by atoms with E-state index in [1.165, 1.54) is 4.90 Å². The van der Waals surface area contributed by atoms with Gasteiger partial charge in [-0.15, -0.1) is 0 Å². The number of hydrogen-bond acceptors (Lipinski definition) is 4. The van der Waals surface area contributed by atoms with Gasteiger partial charge >= 0.3 is 0 Å². The summed E-state index contributed by atoms with van der Waals surface area (Å²) in [5, 5.41) is 2.92. The zero-order valence-electron chi connectivity index (χ0n) is 16.1. The van der Waals surface area contributed by atoms with Crippen LogP contribution in [-0.2, 0) is 4.79 Å². The normalized spacial score (nSPS) is 13.9. The first kappa shape index (κ1) is 20.1. The Morgan fingerprint density at radius 1 is 1.04 bits per heavy atom. The number of rotatable bonds is 9. The molecule has 0 radical (unpaired) electrons. The molecule has 142 valence electrons. The number of benzene rings is 1. The topological polar surface area (TPSA) is 69.7 Å². The smallest absolute Gasteiger partial charge is 0.261 e. The quantitative estimate of drug-likeness (QED) is 0.687. The number of hydrogen-bond donors (Lipinski definition) is 1. The lowest BCUT2D eigenvalue weighted by molar-refractivity contribution is -0.121. The summed E-state index contributed by atoms with van der Waals surface area (Å²) in [4.78, 5) is 40.1. The van der Waals surface area contributed by atoms with Gasteiger partial charge in [0.05, 0.1) is 11.1 Å². The number of imide groups is 1. The van der Waals surface area contributed by atoms with Crippen molar-refractivity contribution in [2.24, 2.45) is 0 Å². The summed E-state index contributed by atoms with van der Waals surface area (Å²) >= 11 is 0. The Morgan fingerprint density at radius 2 is 1.58 bits per heavy atom. The van der Waals surface area contributed by atoms with Crippen LogP contribution in [-0.4, -0.2) is 59.2 Å². The molecule has 1 aromatic rings. The summed E-state index contributed by atoms with van der Waals surface area (Å²) in [6.07, 6.45) is 0.770. The molecule has 0 fully saturated rings. The van der Waals surface area contributed by atoms with Gasteiger partial charge in [-0.25, -0.2) is 0 Å². The summed E-state index contributed by atoms with van der Waals surface area (Å²) in [5.74, 6) is -0.583. The highest BCUT2D eigenvalue weighted by atomic mass is 16.2. The van der Waals surface area contributed by atoms with Crippen LogP contribution in [0.25, 0.3) is 0 Å². The second kappa shape index (κ2) is 8.94. The first-order valence-electron chi connectivity index (χ1n) is 9.30. The molecule has 0 atom stereocenters. The summed E-state index contributed by atoms with van der Waals surface area (Å²) in [7, 11) is 0. The van der Waals surface area contributed by atoms with Gasteiger partial charge in [0.2, 0.25) is 5.91 Å². The molecule has 1 aliphatic heterocycles. The SMILES string of the molecule is CC(C)N(CCNC(=O)CCCN1C(=O)c2ccccc2C1=O)C(C)C. The van der Waals surface area contributed by atoms with Gasteiger partial charge in [-0.3, -0.25) is 24.2 Å². The van der Waals surface area contributed by atoms with Crippen molar-refractivity contribution in [3.63, 3.8) is 0 Å². The van der Waals surface area contributed by atoms with Crippen molar-refractivity contribution in [2.45, 2.75) is 52.6 Å². The van der Waals surface area contributed by atoms with Gasteiger partial charge in [0.15, 0.2) is 0 Å². The van der Waals surface area contributed by atoms with Crippen LogP contribution in [0.1, 0.15) is 61.3 Å². The van der Waals surface area contributed by atoms with Crippen LogP contribution in [0.5, 0.6) is 0 Å². The minimum absolute atomic E-state index is 0.0472. The van der Waals surface area contributed by atoms with Crippen LogP contribution in [0.3, 0.4) is 0 Å². The Hall–Kier alpha value is -2.21. The maximum atomic E-state index is 12.3. The van der Waals surface area contributed by atoms with E-state index in [1.54, 1.807) is 24.3 Å². The molecule has 6 nitrogen and oxygen atoms in total. The fraction of sp³-hybridized carbons (Fsp3) is 0.550. The molecular formula is C20H29N3O3. The molecule has 0 spiro atoms. The maximum Gasteiger partial charge on any atom is 0.261 e. The van der Waals surface area contributed by atoms with E-state index in [4.69, 9.17) is 0 Å². The molecule has 0 bridgehead atoms. The molecule has 0 saturated carbocycles. The highest BCUT2D eigenvalue weighted by Crippen LogP contribution is 2.22. The standard InChI is InChI=1S/C20H29N3O3/c1-14(2)22(15(3)4)13-11-21-18(24)10-7-12-23-19(25)16-8-5-6-9-17(16)20(23)26/h5-6,8-9,14-15H,7,10-13H2,1-4H3,(H,21,24). The van der Waals surface area contributed by atoms with Crippen LogP contribution >= 0.6 is 0 Å². The molecule has 0 aromatic heterocycles. The lowest BCUT2D eigenvalue weighted by atomic mass is 10.1. The van der Waals surface area contributed by atoms with Gasteiger partial charge in [0.25, 0.3) is 11.8 Å². The Morgan fingerprint density at radius 3 is 2.08 bits per heavy atom. The Bertz CT molecular complexity index is 627. The molecule has 1 heterocycles. The van der Waals surface area contributed by atoms with Crippen LogP contribution in [0.2, 0.25) is 0 Å². The van der Waals surface area contributed by atoms with Gasteiger partial charge < -0.3 is 5.32 Å². The fourth-order valence-corrected chi connectivity index (χ4v) is 3.37. The molecule has 26 heavy (non-hydrogen) atoms. The zero-order valence-corrected chi connectivity index (χ0v) is 16.1. The molecule has 0 aliphatic carbocycles. The summed E-state index contributed by atoms with van der Waals surface area (Å²) < 4.78 is 0. The predicted octanol–water partition coefficient (Wildman–Crippen LogP) is 2.30. The van der Waals surface area contributed by atoms with E-state index in [2.05, 4.69) is 37.9 Å². The monoisotopic (exact) mass is 359 g/mol. The highest BCUT2D eigenvalue weighted by Gasteiger charge is 2.34. The van der Waals surface area contributed by atoms with Gasteiger partial charge in [0.1, 0.15) is 0 Å². The Labute approximate surface area is 155 Å². The van der Waals surface area contributed by atoms with E-state index in [0.29, 0.717) is 42.6 Å². The van der Waals surface area contributed by atoms with Crippen molar-refractivity contribution in [2.75, 3.05) is 19.6 Å². The lowest BCUT2D eigenvalue weighted by Crippen LogP contribution is -2.42. The van der Waals surface area contributed by atoms with Gasteiger partial charge in [-0.05, 0) is 46.2 Å². The Balaban J connectivity index is 1.73. The molecule has 0 unspecified atom stereocenters. The summed E-state index contributed by atoms with van der Waals surface area (Å²) in [6, 6.07) is 7.69. The number of nitrogens with zero attached hydrogens (tertiary/aromatic N) is 2. The number of amides is 3. The number of nitrogens with one attached hydrogen (secondary N) is 1. The van der Waals surface area contributed by atoms with Crippen LogP contribution in [0, 0.1) is 0 Å². The molecule has 6 heteroatoms. The Kier molecular flexibility index (Phi) is 6.91. The maximum absolute atomic E-state index is 12.3. The third-order valence-electron chi connectivity index (χ3n) is 4.68. The molecule has 1 aliphatic rings. The second-order valence-corrected chi connectivity index (χ2v) is 7.19. The van der Waals surface area contributed by atoms with E-state index in [1.807, 2.05) is 0 Å². The van der Waals surface area contributed by atoms with Gasteiger partial charge in [-0.1, -0.05) is 12.1 Å². The number of carbonyl (C=O) groups excluding carboxylic acids is 3. The average Bonchev–Trinajstić information content (AvgIpc) is 2.83. The minimum Gasteiger partial charge on any atom is -0.355 e. The van der Waals surface area contributed by atoms with Gasteiger partial charge in [-0.2, -0.15) is 0 Å². The van der Waals surface area contributed by atoms with Crippen LogP contribution in [0.15, 0.2) is 24.3 Å². The molecule has 2 rings (SSSR count). The lowest BCUT2D eigenvalue weighted by Gasteiger charge is -2.30. The van der Waals surface area contributed by atoms with Crippen LogP contribution in [0.4, 0.5) is 0 Å². The molecular weight excluding hydrogens is 330 g/mol.